The second kappa shape index (κ2) is 9.53. The molecule has 0 radical (unpaired) electrons. The maximum absolute atomic E-state index is 11.3. The second-order valence-electron chi connectivity index (χ2n) is 4.05. The summed E-state index contributed by atoms with van der Waals surface area (Å²) >= 11 is 0. The van der Waals surface area contributed by atoms with Gasteiger partial charge < -0.3 is 4.74 Å². The van der Waals surface area contributed by atoms with E-state index in [0.29, 0.717) is 5.69 Å². The van der Waals surface area contributed by atoms with Crippen LogP contribution in [-0.4, -0.2) is 21.9 Å². The van der Waals surface area contributed by atoms with Crippen molar-refractivity contribution in [2.45, 2.75) is 0 Å². The number of rotatable bonds is 2. The van der Waals surface area contributed by atoms with Crippen LogP contribution in [-0.2, 0) is 21.1 Å². The van der Waals surface area contributed by atoms with Gasteiger partial charge in [0.05, 0.1) is 7.11 Å². The van der Waals surface area contributed by atoms with Gasteiger partial charge in [-0.05, 0) is 5.69 Å². The Kier molecular flexibility index (Phi) is 7.70. The minimum Gasteiger partial charge on any atom is -0.522 e. The summed E-state index contributed by atoms with van der Waals surface area (Å²) in [6.45, 7) is 0. The van der Waals surface area contributed by atoms with Crippen LogP contribution in [0, 0.1) is 12.1 Å². The largest absolute Gasteiger partial charge is 2.00 e. The zero-order valence-corrected chi connectivity index (χ0v) is 15.2. The van der Waals surface area contributed by atoms with E-state index in [1.807, 2.05) is 24.3 Å². The summed E-state index contributed by atoms with van der Waals surface area (Å²) < 4.78 is 6.00. The molecule has 0 amide bonds. The van der Waals surface area contributed by atoms with Crippen LogP contribution >= 0.6 is 0 Å². The van der Waals surface area contributed by atoms with Gasteiger partial charge in [0, 0.05) is 5.75 Å². The van der Waals surface area contributed by atoms with Crippen molar-refractivity contribution in [2.75, 3.05) is 7.11 Å². The van der Waals surface area contributed by atoms with E-state index in [0.717, 1.165) is 16.6 Å². The zero-order valence-electron chi connectivity index (χ0n) is 12.2. The molecule has 7 heteroatoms. The van der Waals surface area contributed by atoms with Gasteiger partial charge >= 0.3 is 26.8 Å². The van der Waals surface area contributed by atoms with Gasteiger partial charge in [0.15, 0.2) is 0 Å². The number of aromatic amines is 1. The van der Waals surface area contributed by atoms with Gasteiger partial charge in [0.25, 0.3) is 5.56 Å². The second-order valence-corrected chi connectivity index (χ2v) is 4.05. The van der Waals surface area contributed by atoms with Crippen LogP contribution in [0.5, 0.6) is 5.75 Å². The molecule has 0 saturated heterocycles. The van der Waals surface area contributed by atoms with E-state index in [2.05, 4.69) is 22.2 Å². The predicted molar refractivity (Wildman–Crippen MR) is 81.1 cm³/mol. The Hall–Kier alpha value is -2.46. The van der Waals surface area contributed by atoms with Crippen LogP contribution < -0.4 is 16.0 Å². The van der Waals surface area contributed by atoms with Crippen molar-refractivity contribution in [1.29, 1.82) is 0 Å². The van der Waals surface area contributed by atoms with Crippen LogP contribution in [0.2, 0.25) is 0 Å². The topological polar surface area (TPSA) is 77.0 Å². The molecule has 0 aliphatic heterocycles. The molecule has 0 fully saturated rings. The SMILES string of the molecule is COc1cc[c-]cc1.O=c1cnn(-c2cc[c-]cc2)c(=O)[nH]1.[W+2]. The first kappa shape index (κ1) is 18.6. The fraction of sp³-hybridized carbons (Fsp3) is 0.0625. The molecule has 0 spiro atoms. The molecular formula is C16H13N3O3W. The fourth-order valence-corrected chi connectivity index (χ4v) is 1.56. The third-order valence-corrected chi connectivity index (χ3v) is 2.58. The third kappa shape index (κ3) is 5.68. The molecule has 0 bridgehead atoms. The molecule has 1 heterocycles. The van der Waals surface area contributed by atoms with Crippen molar-refractivity contribution >= 4 is 0 Å². The van der Waals surface area contributed by atoms with E-state index in [1.165, 1.54) is 0 Å². The smallest absolute Gasteiger partial charge is 0.522 e. The van der Waals surface area contributed by atoms with E-state index < -0.39 is 11.2 Å². The van der Waals surface area contributed by atoms with Crippen LogP contribution in [0.25, 0.3) is 5.69 Å². The van der Waals surface area contributed by atoms with Crippen molar-refractivity contribution in [3.8, 4) is 11.4 Å². The van der Waals surface area contributed by atoms with Gasteiger partial charge in [-0.1, -0.05) is 0 Å². The molecule has 2 aromatic carbocycles. The molecule has 6 nitrogen and oxygen atoms in total. The van der Waals surface area contributed by atoms with Crippen molar-refractivity contribution in [3.63, 3.8) is 0 Å². The van der Waals surface area contributed by atoms with E-state index in [1.54, 1.807) is 31.4 Å². The van der Waals surface area contributed by atoms with Crippen LogP contribution in [0.1, 0.15) is 0 Å². The van der Waals surface area contributed by atoms with Gasteiger partial charge in [0.2, 0.25) is 0 Å². The minimum atomic E-state index is -0.552. The minimum absolute atomic E-state index is 0. The molecule has 3 rings (SSSR count). The number of benzene rings is 2. The van der Waals surface area contributed by atoms with Crippen LogP contribution in [0.15, 0.2) is 64.3 Å². The van der Waals surface area contributed by atoms with E-state index >= 15 is 0 Å². The zero-order chi connectivity index (χ0) is 15.8. The molecule has 1 N–H and O–H groups in total. The standard InChI is InChI=1S/C9H6N3O2.C7H7O.W/c13-8-6-10-12(9(14)11-8)7-4-2-1-3-5-7;1-8-7-5-3-2-4-6-7;/h2-6H,(H,11,13,14);3-6H,1H3;/q2*-1;+2. The molecule has 23 heavy (non-hydrogen) atoms. The normalized spacial score (nSPS) is 9.09. The maximum atomic E-state index is 11.3. The molecule has 0 aliphatic carbocycles. The van der Waals surface area contributed by atoms with Gasteiger partial charge in [-0.15, -0.1) is 24.3 Å². The first-order chi connectivity index (χ1) is 10.7. The molecular weight excluding hydrogens is 466 g/mol. The number of hydrogen-bond acceptors (Lipinski definition) is 4. The van der Waals surface area contributed by atoms with Gasteiger partial charge in [0.1, 0.15) is 6.20 Å². The Morgan fingerprint density at radius 3 is 2.09 bits per heavy atom. The molecule has 0 atom stereocenters. The summed E-state index contributed by atoms with van der Waals surface area (Å²) in [5.41, 5.74) is -0.470. The monoisotopic (exact) mass is 479 g/mol. The molecule has 0 unspecified atom stereocenters. The first-order valence-corrected chi connectivity index (χ1v) is 6.36. The number of H-pyrrole nitrogens is 1. The Bertz CT molecular complexity index is 817. The molecule has 0 saturated carbocycles. The Morgan fingerprint density at radius 2 is 1.61 bits per heavy atom. The summed E-state index contributed by atoms with van der Waals surface area (Å²) in [5, 5.41) is 3.69. The van der Waals surface area contributed by atoms with Crippen molar-refractivity contribution < 1.29 is 25.8 Å². The van der Waals surface area contributed by atoms with E-state index in [4.69, 9.17) is 4.74 Å². The Labute approximate surface area is 147 Å². The first-order valence-electron chi connectivity index (χ1n) is 6.36. The Balaban J connectivity index is 0.000000253. The third-order valence-electron chi connectivity index (χ3n) is 2.58. The fourth-order valence-electron chi connectivity index (χ4n) is 1.56. The number of aromatic nitrogens is 3. The quantitative estimate of drug-likeness (QED) is 0.562. The summed E-state index contributed by atoms with van der Waals surface area (Å²) in [7, 11) is 1.65. The summed E-state index contributed by atoms with van der Waals surface area (Å²) in [6, 6.07) is 19.7. The maximum Gasteiger partial charge on any atom is 2.00 e. The van der Waals surface area contributed by atoms with Crippen LogP contribution in [0.4, 0.5) is 0 Å². The molecule has 0 aliphatic rings. The van der Waals surface area contributed by atoms with Gasteiger partial charge in [-0.2, -0.15) is 41.5 Å². The number of ether oxygens (including phenoxy) is 1. The van der Waals surface area contributed by atoms with Crippen LogP contribution in [0.3, 0.4) is 0 Å². The average molecular weight is 479 g/mol. The molecule has 116 valence electrons. The number of methoxy groups -OCH3 is 1. The van der Waals surface area contributed by atoms with Crippen molar-refractivity contribution in [2.24, 2.45) is 0 Å². The number of nitrogens with one attached hydrogen (secondary N) is 1. The van der Waals surface area contributed by atoms with Gasteiger partial charge in [-0.3, -0.25) is 9.78 Å². The number of hydrogen-bond donors (Lipinski definition) is 1. The number of nitrogens with zero attached hydrogens (tertiary/aromatic N) is 2. The van der Waals surface area contributed by atoms with Crippen molar-refractivity contribution in [3.05, 3.63) is 87.7 Å². The summed E-state index contributed by atoms with van der Waals surface area (Å²) in [4.78, 5) is 24.1. The van der Waals surface area contributed by atoms with E-state index in [9.17, 15) is 9.59 Å². The van der Waals surface area contributed by atoms with Crippen molar-refractivity contribution in [1.82, 2.24) is 14.8 Å². The average Bonchev–Trinajstić information content (AvgIpc) is 2.57. The summed E-state index contributed by atoms with van der Waals surface area (Å²) in [5.74, 6) is 0.878. The van der Waals surface area contributed by atoms with Gasteiger partial charge in [-0.25, -0.2) is 9.48 Å². The predicted octanol–water partition coefficient (Wildman–Crippen LogP) is 1.21. The molecule has 1 aromatic heterocycles. The Morgan fingerprint density at radius 1 is 1.04 bits per heavy atom. The van der Waals surface area contributed by atoms with E-state index in [-0.39, 0.29) is 21.1 Å². The summed E-state index contributed by atoms with van der Waals surface area (Å²) in [6.07, 6.45) is 1.05. The molecule has 3 aromatic rings.